The maximum Gasteiger partial charge on any atom is 0.325 e. The van der Waals surface area contributed by atoms with Crippen molar-refractivity contribution in [2.24, 2.45) is 0 Å². The Morgan fingerprint density at radius 1 is 1.06 bits per heavy atom. The summed E-state index contributed by atoms with van der Waals surface area (Å²) in [5, 5.41) is 2.74. The Labute approximate surface area is 187 Å². The molecule has 0 saturated carbocycles. The van der Waals surface area contributed by atoms with Crippen LogP contribution in [0.4, 0.5) is 10.5 Å². The number of allylic oxidation sites excluding steroid dienone is 1. The zero-order valence-corrected chi connectivity index (χ0v) is 18.9. The molecule has 1 atom stereocenters. The van der Waals surface area contributed by atoms with E-state index < -0.39 is 17.5 Å². The maximum absolute atomic E-state index is 13.2. The lowest BCUT2D eigenvalue weighted by Gasteiger charge is -2.24. The van der Waals surface area contributed by atoms with Crippen molar-refractivity contribution in [2.45, 2.75) is 31.7 Å². The van der Waals surface area contributed by atoms with E-state index >= 15 is 0 Å². The van der Waals surface area contributed by atoms with Crippen LogP contribution in [-0.4, -0.2) is 43.3 Å². The van der Waals surface area contributed by atoms with E-state index in [2.05, 4.69) is 25.2 Å². The summed E-state index contributed by atoms with van der Waals surface area (Å²) in [4.78, 5) is 41.7. The number of para-hydroxylation sites is 1. The highest BCUT2D eigenvalue weighted by molar-refractivity contribution is 6.10. The van der Waals surface area contributed by atoms with Gasteiger partial charge in [0.15, 0.2) is 5.78 Å². The monoisotopic (exact) mass is 433 g/mol. The number of amides is 3. The molecule has 2 aromatic carbocycles. The van der Waals surface area contributed by atoms with Crippen molar-refractivity contribution >= 4 is 23.4 Å². The van der Waals surface area contributed by atoms with Gasteiger partial charge in [-0.1, -0.05) is 44.2 Å². The Hall–Kier alpha value is -3.61. The van der Waals surface area contributed by atoms with E-state index in [-0.39, 0.29) is 17.7 Å². The van der Waals surface area contributed by atoms with Crippen LogP contribution in [0.25, 0.3) is 0 Å². The molecule has 1 N–H and O–H groups in total. The van der Waals surface area contributed by atoms with Gasteiger partial charge in [0.2, 0.25) is 0 Å². The molecule has 0 spiro atoms. The zero-order chi connectivity index (χ0) is 23.3. The number of likely N-dealkylation sites (N-methyl/N-ethyl adjacent to an activating group) is 1. The molecule has 1 saturated heterocycles. The number of carbonyl (C=O) groups excluding carboxylic acids is 3. The number of imide groups is 1. The SMILES string of the molecule is COc1ccc(C2(C)NC(=O)N(CC(=O)/C=C3/N(C)c4ccccc4C3(C)C)C2=O)cc1. The van der Waals surface area contributed by atoms with Gasteiger partial charge in [-0.05, 0) is 36.2 Å². The summed E-state index contributed by atoms with van der Waals surface area (Å²) in [6.07, 6.45) is 1.55. The van der Waals surface area contributed by atoms with Gasteiger partial charge in [0.05, 0.1) is 13.7 Å². The molecule has 0 bridgehead atoms. The Morgan fingerprint density at radius 2 is 1.72 bits per heavy atom. The van der Waals surface area contributed by atoms with E-state index in [4.69, 9.17) is 4.74 Å². The second-order valence-corrected chi connectivity index (χ2v) is 8.87. The molecule has 7 heteroatoms. The number of anilines is 1. The number of hydrogen-bond acceptors (Lipinski definition) is 5. The van der Waals surface area contributed by atoms with E-state index in [9.17, 15) is 14.4 Å². The van der Waals surface area contributed by atoms with Crippen LogP contribution in [0, 0.1) is 0 Å². The predicted molar refractivity (Wildman–Crippen MR) is 122 cm³/mol. The molecular weight excluding hydrogens is 406 g/mol. The normalized spacial score (nSPS) is 22.8. The van der Waals surface area contributed by atoms with Gasteiger partial charge < -0.3 is 15.0 Å². The summed E-state index contributed by atoms with van der Waals surface area (Å²) in [5.74, 6) is -0.117. The minimum Gasteiger partial charge on any atom is -0.497 e. The van der Waals surface area contributed by atoms with Crippen LogP contribution in [0.5, 0.6) is 5.75 Å². The number of hydrogen-bond donors (Lipinski definition) is 1. The van der Waals surface area contributed by atoms with Crippen molar-refractivity contribution in [1.82, 2.24) is 10.2 Å². The van der Waals surface area contributed by atoms with Crippen LogP contribution in [-0.2, 0) is 20.5 Å². The minimum atomic E-state index is -1.24. The first-order valence-electron chi connectivity index (χ1n) is 10.5. The number of nitrogens with one attached hydrogen (secondary N) is 1. The number of methoxy groups -OCH3 is 1. The van der Waals surface area contributed by atoms with Crippen molar-refractivity contribution in [1.29, 1.82) is 0 Å². The van der Waals surface area contributed by atoms with E-state index in [1.165, 1.54) is 0 Å². The fraction of sp³-hybridized carbons (Fsp3) is 0.320. The third-order valence-corrected chi connectivity index (χ3v) is 6.49. The fourth-order valence-corrected chi connectivity index (χ4v) is 4.57. The fourth-order valence-electron chi connectivity index (χ4n) is 4.57. The molecule has 2 aliphatic rings. The van der Waals surface area contributed by atoms with Crippen molar-refractivity contribution in [3.05, 3.63) is 71.4 Å². The van der Waals surface area contributed by atoms with Crippen LogP contribution < -0.4 is 15.0 Å². The molecule has 1 unspecified atom stereocenters. The third kappa shape index (κ3) is 3.25. The van der Waals surface area contributed by atoms with Crippen LogP contribution in [0.1, 0.15) is 31.9 Å². The number of ketones is 1. The zero-order valence-electron chi connectivity index (χ0n) is 18.9. The molecule has 2 heterocycles. The van der Waals surface area contributed by atoms with Crippen LogP contribution in [0.3, 0.4) is 0 Å². The molecule has 7 nitrogen and oxygen atoms in total. The van der Waals surface area contributed by atoms with Gasteiger partial charge in [-0.15, -0.1) is 0 Å². The van der Waals surface area contributed by atoms with Gasteiger partial charge >= 0.3 is 6.03 Å². The summed E-state index contributed by atoms with van der Waals surface area (Å²) in [6.45, 7) is 5.44. The maximum atomic E-state index is 13.2. The summed E-state index contributed by atoms with van der Waals surface area (Å²) in [6, 6.07) is 14.4. The van der Waals surface area contributed by atoms with E-state index in [0.29, 0.717) is 11.3 Å². The summed E-state index contributed by atoms with van der Waals surface area (Å²) in [7, 11) is 3.48. The van der Waals surface area contributed by atoms with Crippen molar-refractivity contribution in [3.8, 4) is 5.75 Å². The molecule has 0 aromatic heterocycles. The Morgan fingerprint density at radius 3 is 2.34 bits per heavy atom. The molecule has 3 amide bonds. The highest BCUT2D eigenvalue weighted by Crippen LogP contribution is 2.46. The van der Waals surface area contributed by atoms with Crippen molar-refractivity contribution < 1.29 is 19.1 Å². The summed E-state index contributed by atoms with van der Waals surface area (Å²) < 4.78 is 5.16. The smallest absolute Gasteiger partial charge is 0.325 e. The molecule has 0 aliphatic carbocycles. The Bertz CT molecular complexity index is 1140. The average molecular weight is 434 g/mol. The minimum absolute atomic E-state index is 0.310. The highest BCUT2D eigenvalue weighted by atomic mass is 16.5. The quantitative estimate of drug-likeness (QED) is 0.578. The molecule has 4 rings (SSSR count). The van der Waals surface area contributed by atoms with E-state index in [1.807, 2.05) is 30.1 Å². The highest BCUT2D eigenvalue weighted by Gasteiger charge is 2.49. The number of ether oxygens (including phenoxy) is 1. The lowest BCUT2D eigenvalue weighted by atomic mass is 9.83. The van der Waals surface area contributed by atoms with Crippen LogP contribution >= 0.6 is 0 Å². The molecule has 166 valence electrons. The van der Waals surface area contributed by atoms with Gasteiger partial charge in [0.25, 0.3) is 5.91 Å². The Kier molecular flexibility index (Phi) is 5.07. The number of nitrogens with zero attached hydrogens (tertiary/aromatic N) is 2. The van der Waals surface area contributed by atoms with Crippen molar-refractivity contribution in [2.75, 3.05) is 25.6 Å². The lowest BCUT2D eigenvalue weighted by Crippen LogP contribution is -2.41. The van der Waals surface area contributed by atoms with Gasteiger partial charge in [-0.2, -0.15) is 0 Å². The van der Waals surface area contributed by atoms with E-state index in [0.717, 1.165) is 21.8 Å². The second-order valence-electron chi connectivity index (χ2n) is 8.87. The predicted octanol–water partition coefficient (Wildman–Crippen LogP) is 3.34. The van der Waals surface area contributed by atoms with Gasteiger partial charge in [0, 0.05) is 29.9 Å². The number of rotatable bonds is 5. The number of fused-ring (bicyclic) bond motifs is 1. The largest absolute Gasteiger partial charge is 0.497 e. The first kappa shape index (κ1) is 21.6. The first-order valence-corrected chi connectivity index (χ1v) is 10.5. The second kappa shape index (κ2) is 7.51. The first-order chi connectivity index (χ1) is 15.1. The summed E-state index contributed by atoms with van der Waals surface area (Å²) in [5.41, 5.74) is 2.01. The molecule has 32 heavy (non-hydrogen) atoms. The average Bonchev–Trinajstić information content (AvgIpc) is 3.11. The lowest BCUT2D eigenvalue weighted by molar-refractivity contribution is -0.133. The molecule has 1 fully saturated rings. The number of urea groups is 1. The number of benzene rings is 2. The van der Waals surface area contributed by atoms with Gasteiger partial charge in [-0.25, -0.2) is 4.79 Å². The van der Waals surface area contributed by atoms with Crippen LogP contribution in [0.2, 0.25) is 0 Å². The van der Waals surface area contributed by atoms with Crippen LogP contribution in [0.15, 0.2) is 60.3 Å². The number of carbonyl (C=O) groups is 3. The Balaban J connectivity index is 1.56. The third-order valence-electron chi connectivity index (χ3n) is 6.49. The van der Waals surface area contributed by atoms with Crippen molar-refractivity contribution in [3.63, 3.8) is 0 Å². The molecule has 2 aromatic rings. The topological polar surface area (TPSA) is 79.0 Å². The van der Waals surface area contributed by atoms with E-state index in [1.54, 1.807) is 44.4 Å². The molecular formula is C25H27N3O4. The standard InChI is InChI=1S/C25H27N3O4/c1-24(2)19-8-6-7-9-20(19)27(4)21(24)14-17(29)15-28-22(30)25(3,26-23(28)31)16-10-12-18(32-5)13-11-16/h6-14H,15H2,1-5H3,(H,26,31)/b21-14+. The summed E-state index contributed by atoms with van der Waals surface area (Å²) >= 11 is 0. The molecule has 2 aliphatic heterocycles. The molecule has 0 radical (unpaired) electrons. The van der Waals surface area contributed by atoms with Gasteiger partial charge in [0.1, 0.15) is 11.3 Å². The van der Waals surface area contributed by atoms with Gasteiger partial charge in [-0.3, -0.25) is 14.5 Å².